The van der Waals surface area contributed by atoms with E-state index in [4.69, 9.17) is 0 Å². The summed E-state index contributed by atoms with van der Waals surface area (Å²) in [6.45, 7) is 13.6. The van der Waals surface area contributed by atoms with Crippen molar-refractivity contribution in [2.45, 2.75) is 77.4 Å². The maximum atomic E-state index is 3.80. The Morgan fingerprint density at radius 3 is 2.48 bits per heavy atom. The molecule has 21 heavy (non-hydrogen) atoms. The van der Waals surface area contributed by atoms with Crippen molar-refractivity contribution in [3.8, 4) is 0 Å². The lowest BCUT2D eigenvalue weighted by atomic mass is 9.86. The van der Waals surface area contributed by atoms with E-state index in [-0.39, 0.29) is 0 Å². The molecule has 3 aliphatic rings. The average Bonchev–Trinajstić information content (AvgIpc) is 3.06. The normalized spacial score (nSPS) is 38.1. The van der Waals surface area contributed by atoms with Crippen LogP contribution in [0.15, 0.2) is 0 Å². The van der Waals surface area contributed by atoms with Gasteiger partial charge >= 0.3 is 0 Å². The summed E-state index contributed by atoms with van der Waals surface area (Å²) in [5, 5.41) is 3.80. The zero-order chi connectivity index (χ0) is 14.9. The molecule has 1 N–H and O–H groups in total. The van der Waals surface area contributed by atoms with Crippen LogP contribution in [0.4, 0.5) is 0 Å². The molecule has 3 rings (SSSR count). The summed E-state index contributed by atoms with van der Waals surface area (Å²) in [5.74, 6) is 0. The smallest absolute Gasteiger partial charge is 0.0274 e. The number of nitrogens with one attached hydrogen (secondary N) is 1. The molecule has 3 unspecified atom stereocenters. The predicted molar refractivity (Wildman–Crippen MR) is 89.7 cm³/mol. The van der Waals surface area contributed by atoms with Gasteiger partial charge < -0.3 is 5.32 Å². The molecule has 3 fully saturated rings. The first kappa shape index (κ1) is 15.8. The topological polar surface area (TPSA) is 18.5 Å². The van der Waals surface area contributed by atoms with Gasteiger partial charge in [0, 0.05) is 31.2 Å². The summed E-state index contributed by atoms with van der Waals surface area (Å²) in [5.41, 5.74) is 0.462. The summed E-state index contributed by atoms with van der Waals surface area (Å²) in [7, 11) is 0. The van der Waals surface area contributed by atoms with Crippen molar-refractivity contribution in [3.63, 3.8) is 0 Å². The lowest BCUT2D eigenvalue weighted by Crippen LogP contribution is -2.52. The van der Waals surface area contributed by atoms with E-state index in [0.717, 1.165) is 18.6 Å². The minimum atomic E-state index is 0.462. The highest BCUT2D eigenvalue weighted by Gasteiger charge is 2.45. The standard InChI is InChI=1S/C18H35N3/c1-4-19-17-16(8-10-18(17,2)3)21-13-9-15(14-21)20-11-6-5-7-12-20/h15-17,19H,4-14H2,1-3H3. The van der Waals surface area contributed by atoms with E-state index < -0.39 is 0 Å². The molecule has 0 amide bonds. The minimum Gasteiger partial charge on any atom is -0.312 e. The second-order valence-electron chi connectivity index (χ2n) is 8.16. The second-order valence-corrected chi connectivity index (χ2v) is 8.16. The van der Waals surface area contributed by atoms with Crippen molar-refractivity contribution in [3.05, 3.63) is 0 Å². The second kappa shape index (κ2) is 6.55. The number of likely N-dealkylation sites (N-methyl/N-ethyl adjacent to an activating group) is 1. The summed E-state index contributed by atoms with van der Waals surface area (Å²) < 4.78 is 0. The first-order valence-corrected chi connectivity index (χ1v) is 9.33. The molecule has 2 aliphatic heterocycles. The SMILES string of the molecule is CCNC1C(N2CCC(N3CCCCC3)C2)CCC1(C)C. The quantitative estimate of drug-likeness (QED) is 0.860. The lowest BCUT2D eigenvalue weighted by Gasteiger charge is -2.37. The van der Waals surface area contributed by atoms with Crippen LogP contribution >= 0.6 is 0 Å². The fourth-order valence-electron chi connectivity index (χ4n) is 5.04. The Bertz CT molecular complexity index is 335. The molecule has 0 bridgehead atoms. The molecular weight excluding hydrogens is 258 g/mol. The molecule has 2 heterocycles. The molecule has 3 atom stereocenters. The number of hydrogen-bond donors (Lipinski definition) is 1. The highest BCUT2D eigenvalue weighted by Crippen LogP contribution is 2.41. The van der Waals surface area contributed by atoms with E-state index in [9.17, 15) is 0 Å². The molecule has 0 radical (unpaired) electrons. The van der Waals surface area contributed by atoms with E-state index in [2.05, 4.69) is 35.9 Å². The zero-order valence-electron chi connectivity index (χ0n) is 14.4. The van der Waals surface area contributed by atoms with E-state index >= 15 is 0 Å². The van der Waals surface area contributed by atoms with Crippen LogP contribution in [-0.4, -0.2) is 60.6 Å². The van der Waals surface area contributed by atoms with Gasteiger partial charge in [0.1, 0.15) is 0 Å². The maximum Gasteiger partial charge on any atom is 0.0274 e. The van der Waals surface area contributed by atoms with Crippen LogP contribution in [0.2, 0.25) is 0 Å². The number of likely N-dealkylation sites (tertiary alicyclic amines) is 2. The molecule has 0 spiro atoms. The third-order valence-corrected chi connectivity index (χ3v) is 6.31. The Labute approximate surface area is 131 Å². The molecule has 3 heteroatoms. The molecule has 1 saturated carbocycles. The zero-order valence-corrected chi connectivity index (χ0v) is 14.4. The van der Waals surface area contributed by atoms with E-state index in [1.807, 2.05) is 0 Å². The molecule has 0 aromatic carbocycles. The van der Waals surface area contributed by atoms with Gasteiger partial charge in [-0.15, -0.1) is 0 Å². The van der Waals surface area contributed by atoms with Crippen molar-refractivity contribution in [1.29, 1.82) is 0 Å². The van der Waals surface area contributed by atoms with Gasteiger partial charge in [0.05, 0.1) is 0 Å². The van der Waals surface area contributed by atoms with Crippen LogP contribution in [0.1, 0.15) is 59.3 Å². The number of rotatable bonds is 4. The Kier molecular flexibility index (Phi) is 4.92. The first-order valence-electron chi connectivity index (χ1n) is 9.33. The monoisotopic (exact) mass is 293 g/mol. The van der Waals surface area contributed by atoms with Crippen molar-refractivity contribution in [2.75, 3.05) is 32.7 Å². The van der Waals surface area contributed by atoms with Crippen LogP contribution in [0.5, 0.6) is 0 Å². The Morgan fingerprint density at radius 1 is 1.00 bits per heavy atom. The average molecular weight is 293 g/mol. The van der Waals surface area contributed by atoms with Crippen molar-refractivity contribution >= 4 is 0 Å². The maximum absolute atomic E-state index is 3.80. The largest absolute Gasteiger partial charge is 0.312 e. The van der Waals surface area contributed by atoms with Gasteiger partial charge in [0.25, 0.3) is 0 Å². The predicted octanol–water partition coefficient (Wildman–Crippen LogP) is 2.71. The highest BCUT2D eigenvalue weighted by atomic mass is 15.3. The van der Waals surface area contributed by atoms with Crippen LogP contribution < -0.4 is 5.32 Å². The number of hydrogen-bond acceptors (Lipinski definition) is 3. The molecule has 1 aliphatic carbocycles. The number of nitrogens with zero attached hydrogens (tertiary/aromatic N) is 2. The van der Waals surface area contributed by atoms with Crippen molar-refractivity contribution < 1.29 is 0 Å². The van der Waals surface area contributed by atoms with Gasteiger partial charge in [0.2, 0.25) is 0 Å². The minimum absolute atomic E-state index is 0.462. The third kappa shape index (κ3) is 3.30. The fourth-order valence-corrected chi connectivity index (χ4v) is 5.04. The first-order chi connectivity index (χ1) is 10.1. The molecular formula is C18H35N3. The summed E-state index contributed by atoms with van der Waals surface area (Å²) in [6.07, 6.45) is 8.46. The molecule has 0 aromatic rings. The Balaban J connectivity index is 1.60. The highest BCUT2D eigenvalue weighted by molar-refractivity contribution is 5.03. The summed E-state index contributed by atoms with van der Waals surface area (Å²) in [6, 6.07) is 2.30. The Morgan fingerprint density at radius 2 is 1.76 bits per heavy atom. The summed E-state index contributed by atoms with van der Waals surface area (Å²) >= 11 is 0. The van der Waals surface area contributed by atoms with Crippen molar-refractivity contribution in [2.24, 2.45) is 5.41 Å². The van der Waals surface area contributed by atoms with Crippen LogP contribution in [0.25, 0.3) is 0 Å². The van der Waals surface area contributed by atoms with Gasteiger partial charge in [0.15, 0.2) is 0 Å². The van der Waals surface area contributed by atoms with Crippen molar-refractivity contribution in [1.82, 2.24) is 15.1 Å². The van der Waals surface area contributed by atoms with Gasteiger partial charge in [-0.3, -0.25) is 9.80 Å². The van der Waals surface area contributed by atoms with Gasteiger partial charge in [-0.1, -0.05) is 27.2 Å². The third-order valence-electron chi connectivity index (χ3n) is 6.31. The van der Waals surface area contributed by atoms with Crippen LogP contribution in [0.3, 0.4) is 0 Å². The lowest BCUT2D eigenvalue weighted by molar-refractivity contribution is 0.135. The summed E-state index contributed by atoms with van der Waals surface area (Å²) in [4.78, 5) is 5.60. The van der Waals surface area contributed by atoms with Gasteiger partial charge in [-0.2, -0.15) is 0 Å². The van der Waals surface area contributed by atoms with Crippen LogP contribution in [-0.2, 0) is 0 Å². The Hall–Kier alpha value is -0.120. The van der Waals surface area contributed by atoms with Gasteiger partial charge in [-0.25, -0.2) is 0 Å². The fraction of sp³-hybridized carbons (Fsp3) is 1.00. The van der Waals surface area contributed by atoms with Crippen LogP contribution in [0, 0.1) is 5.41 Å². The molecule has 2 saturated heterocycles. The van der Waals surface area contributed by atoms with E-state index in [1.54, 1.807) is 0 Å². The van der Waals surface area contributed by atoms with E-state index in [1.165, 1.54) is 64.7 Å². The molecule has 0 aromatic heterocycles. The van der Waals surface area contributed by atoms with E-state index in [0.29, 0.717) is 11.5 Å². The molecule has 122 valence electrons. The molecule has 3 nitrogen and oxygen atoms in total. The van der Waals surface area contributed by atoms with Gasteiger partial charge in [-0.05, 0) is 57.2 Å². The number of piperidine rings is 1.